The zero-order valence-corrected chi connectivity index (χ0v) is 12.3. The number of nitrogens with zero attached hydrogens (tertiary/aromatic N) is 1. The second kappa shape index (κ2) is 5.75. The van der Waals surface area contributed by atoms with Gasteiger partial charge >= 0.3 is 101 Å². The van der Waals surface area contributed by atoms with Crippen LogP contribution in [0.5, 0.6) is 0 Å². The number of hydrogen-bond acceptors (Lipinski definition) is 1. The molecule has 0 radical (unpaired) electrons. The molecule has 0 unspecified atom stereocenters. The first-order valence-electron chi connectivity index (χ1n) is 6.02. The molecular weight excluding hydrogens is 181 g/mol. The Kier molecular flexibility index (Phi) is 6.07. The maximum atomic E-state index is 2.75. The van der Waals surface area contributed by atoms with Crippen molar-refractivity contribution in [3.05, 3.63) is 0 Å². The maximum absolute atomic E-state index is 2.75. The third-order valence-corrected chi connectivity index (χ3v) is 9.58. The number of hydrogen-bond donors (Lipinski definition) is 0. The summed E-state index contributed by atoms with van der Waals surface area (Å²) in [6.07, 6.45) is 1.35. The fourth-order valence-corrected chi connectivity index (χ4v) is 4.11. The summed E-state index contributed by atoms with van der Waals surface area (Å²) in [5.74, 6) is 0. The van der Waals surface area contributed by atoms with Gasteiger partial charge in [-0.3, -0.25) is 0 Å². The average Bonchev–Trinajstić information content (AvgIpc) is 2.03. The van der Waals surface area contributed by atoms with Crippen molar-refractivity contribution in [1.82, 2.24) is 4.57 Å². The van der Waals surface area contributed by atoms with E-state index in [1.165, 1.54) is 24.6 Å². The Morgan fingerprint density at radius 2 is 1.71 bits per heavy atom. The molecule has 0 heterocycles. The van der Waals surface area contributed by atoms with Crippen LogP contribution in [0.15, 0.2) is 0 Å². The molecule has 0 fully saturated rings. The van der Waals surface area contributed by atoms with E-state index in [1.54, 1.807) is 0 Å². The first-order chi connectivity index (χ1) is 6.27. The van der Waals surface area contributed by atoms with E-state index in [0.29, 0.717) is 5.04 Å². The van der Waals surface area contributed by atoms with Gasteiger partial charge < -0.3 is 0 Å². The van der Waals surface area contributed by atoms with Crippen LogP contribution in [-0.2, 0) is 0 Å². The van der Waals surface area contributed by atoms with Gasteiger partial charge in [0.15, 0.2) is 0 Å². The summed E-state index contributed by atoms with van der Waals surface area (Å²) in [4.78, 5) is 0. The van der Waals surface area contributed by atoms with E-state index in [9.17, 15) is 0 Å². The molecule has 3 heteroatoms. The predicted molar refractivity (Wildman–Crippen MR) is 69.6 cm³/mol. The van der Waals surface area contributed by atoms with Crippen LogP contribution < -0.4 is 0 Å². The summed E-state index contributed by atoms with van der Waals surface area (Å²) in [5.41, 5.74) is 0. The molecular formula is C11H26LiNSi. The van der Waals surface area contributed by atoms with E-state index in [2.05, 4.69) is 63.1 Å². The fraction of sp³-hybridized carbons (Fsp3) is 1.00. The first-order valence-corrected chi connectivity index (χ1v) is 8.97. The van der Waals surface area contributed by atoms with Crippen molar-refractivity contribution in [3.8, 4) is 0 Å². The van der Waals surface area contributed by atoms with Crippen LogP contribution in [0.25, 0.3) is 0 Å². The molecule has 0 saturated heterocycles. The zero-order chi connectivity index (χ0) is 11.4. The van der Waals surface area contributed by atoms with Crippen molar-refractivity contribution < 1.29 is 0 Å². The molecule has 0 rings (SSSR count). The second-order valence-electron chi connectivity index (χ2n) is 5.74. The van der Waals surface area contributed by atoms with Crippen molar-refractivity contribution in [3.63, 3.8) is 0 Å². The summed E-state index contributed by atoms with van der Waals surface area (Å²) in [7, 11) is -1.24. The van der Waals surface area contributed by atoms with Crippen LogP contribution in [0.3, 0.4) is 0 Å². The Labute approximate surface area is 101 Å². The molecule has 1 nitrogen and oxygen atoms in total. The number of rotatable bonds is 5. The van der Waals surface area contributed by atoms with Gasteiger partial charge in [-0.1, -0.05) is 0 Å². The van der Waals surface area contributed by atoms with Gasteiger partial charge in [-0.15, -0.1) is 0 Å². The van der Waals surface area contributed by atoms with Crippen LogP contribution in [0.1, 0.15) is 34.1 Å². The van der Waals surface area contributed by atoms with Crippen molar-refractivity contribution in [2.45, 2.75) is 57.3 Å². The Balaban J connectivity index is 4.49. The molecule has 0 aromatic rings. The Hall–Kier alpha value is 0.774. The first kappa shape index (κ1) is 14.8. The normalized spacial score (nSPS) is 13.8. The van der Waals surface area contributed by atoms with Crippen LogP contribution in [0, 0.1) is 0 Å². The van der Waals surface area contributed by atoms with Crippen LogP contribution in [0.4, 0.5) is 0 Å². The Morgan fingerprint density at radius 1 is 1.21 bits per heavy atom. The van der Waals surface area contributed by atoms with Gasteiger partial charge in [0.05, 0.1) is 0 Å². The van der Waals surface area contributed by atoms with Crippen molar-refractivity contribution in [2.24, 2.45) is 0 Å². The average molecular weight is 207 g/mol. The quantitative estimate of drug-likeness (QED) is 0.625. The SMILES string of the molecule is [Li][CH2]CCN(CC)[Si](C)(C)C(C)(C)C. The molecule has 0 aromatic carbocycles. The molecule has 14 heavy (non-hydrogen) atoms. The predicted octanol–water partition coefficient (Wildman–Crippen LogP) is 3.29. The molecule has 0 spiro atoms. The Bertz CT molecular complexity index is 163. The van der Waals surface area contributed by atoms with Crippen molar-refractivity contribution in [1.29, 1.82) is 0 Å². The van der Waals surface area contributed by atoms with E-state index >= 15 is 0 Å². The second-order valence-corrected chi connectivity index (χ2v) is 11.0. The fourth-order valence-electron chi connectivity index (χ4n) is 1.66. The topological polar surface area (TPSA) is 3.24 Å². The molecule has 0 aliphatic carbocycles. The molecule has 0 aromatic heterocycles. The van der Waals surface area contributed by atoms with Gasteiger partial charge in [-0.2, -0.15) is 0 Å². The molecule has 0 atom stereocenters. The standard InChI is InChI=1S/C11H26NSi.Li/c1-8-10-12(9-2)13(6,7)11(3,4)5;/h1,8-10H2,2-7H3;. The van der Waals surface area contributed by atoms with E-state index in [0.717, 1.165) is 0 Å². The van der Waals surface area contributed by atoms with Gasteiger partial charge in [-0.25, -0.2) is 0 Å². The monoisotopic (exact) mass is 207 g/mol. The molecule has 80 valence electrons. The minimum absolute atomic E-state index is 0.483. The third-order valence-electron chi connectivity index (χ3n) is 3.79. The van der Waals surface area contributed by atoms with Gasteiger partial charge in [0.2, 0.25) is 0 Å². The molecule has 0 aliphatic heterocycles. The third kappa shape index (κ3) is 3.74. The van der Waals surface area contributed by atoms with Gasteiger partial charge in [0.1, 0.15) is 0 Å². The molecule has 0 amide bonds. The molecule has 0 aliphatic rings. The van der Waals surface area contributed by atoms with Crippen molar-refractivity contribution in [2.75, 3.05) is 13.1 Å². The van der Waals surface area contributed by atoms with E-state index in [4.69, 9.17) is 0 Å². The van der Waals surface area contributed by atoms with Crippen LogP contribution >= 0.6 is 0 Å². The van der Waals surface area contributed by atoms with E-state index in [1.807, 2.05) is 0 Å². The summed E-state index contributed by atoms with van der Waals surface area (Å²) >= 11 is 2.28. The zero-order valence-electron chi connectivity index (χ0n) is 11.3. The Morgan fingerprint density at radius 3 is 2.00 bits per heavy atom. The molecule has 0 saturated carbocycles. The minimum atomic E-state index is -1.24. The van der Waals surface area contributed by atoms with Gasteiger partial charge in [0.25, 0.3) is 0 Å². The van der Waals surface area contributed by atoms with E-state index in [-0.39, 0.29) is 0 Å². The summed E-state index contributed by atoms with van der Waals surface area (Å²) in [6, 6.07) is 0. The van der Waals surface area contributed by atoms with E-state index < -0.39 is 8.24 Å². The summed E-state index contributed by atoms with van der Waals surface area (Å²) in [5, 5.41) is 1.79. The van der Waals surface area contributed by atoms with Gasteiger partial charge in [0, 0.05) is 0 Å². The van der Waals surface area contributed by atoms with Crippen molar-refractivity contribution >= 4 is 26.0 Å². The molecule has 0 N–H and O–H groups in total. The van der Waals surface area contributed by atoms with Crippen LogP contribution in [-0.4, -0.2) is 43.6 Å². The van der Waals surface area contributed by atoms with Crippen LogP contribution in [0.2, 0.25) is 23.2 Å². The molecule has 0 bridgehead atoms. The summed E-state index contributed by atoms with van der Waals surface area (Å²) < 4.78 is 2.75. The summed E-state index contributed by atoms with van der Waals surface area (Å²) in [6.45, 7) is 17.0. The van der Waals surface area contributed by atoms with Gasteiger partial charge in [-0.05, 0) is 0 Å².